The molecule has 0 unspecified atom stereocenters. The zero-order valence-corrected chi connectivity index (χ0v) is 18.7. The van der Waals surface area contributed by atoms with E-state index in [9.17, 15) is 14.4 Å². The number of likely N-dealkylation sites (N-methyl/N-ethyl adjacent to an activating group) is 1. The Morgan fingerprint density at radius 2 is 1.75 bits per heavy atom. The highest BCUT2D eigenvalue weighted by atomic mass is 16.2. The van der Waals surface area contributed by atoms with Crippen molar-refractivity contribution in [1.82, 2.24) is 19.7 Å². The molecule has 1 aliphatic heterocycles. The summed E-state index contributed by atoms with van der Waals surface area (Å²) in [5, 5.41) is 3.04. The zero-order chi connectivity index (χ0) is 22.5. The molecular formula is C25H32N4O3. The molecule has 1 aromatic heterocycles. The molecule has 1 aromatic carbocycles. The second-order valence-corrected chi connectivity index (χ2v) is 8.97. The maximum absolute atomic E-state index is 13.4. The van der Waals surface area contributed by atoms with E-state index >= 15 is 0 Å². The molecule has 2 heterocycles. The van der Waals surface area contributed by atoms with Crippen molar-refractivity contribution < 1.29 is 9.59 Å². The van der Waals surface area contributed by atoms with Crippen LogP contribution in [-0.2, 0) is 11.3 Å². The third kappa shape index (κ3) is 5.27. The number of aromatic nitrogens is 1. The third-order valence-electron chi connectivity index (χ3n) is 6.54. The van der Waals surface area contributed by atoms with Crippen LogP contribution in [0.3, 0.4) is 0 Å². The molecule has 2 aromatic rings. The van der Waals surface area contributed by atoms with Gasteiger partial charge in [0.05, 0.1) is 11.6 Å². The summed E-state index contributed by atoms with van der Waals surface area (Å²) in [5.41, 5.74) is 1.24. The summed E-state index contributed by atoms with van der Waals surface area (Å²) in [6.07, 6.45) is 6.98. The molecule has 2 fully saturated rings. The summed E-state index contributed by atoms with van der Waals surface area (Å²) >= 11 is 0. The SMILES string of the molecule is CN1CCN(C(=O)c2ccc(=O)n(CC(=O)NC3CCCCC3)c2)[C@@H](c2ccccc2)C1. The first kappa shape index (κ1) is 22.3. The van der Waals surface area contributed by atoms with Gasteiger partial charge in [0.1, 0.15) is 6.54 Å². The minimum Gasteiger partial charge on any atom is -0.352 e. The van der Waals surface area contributed by atoms with E-state index < -0.39 is 0 Å². The Bertz CT molecular complexity index is 998. The van der Waals surface area contributed by atoms with Crippen molar-refractivity contribution in [2.24, 2.45) is 0 Å². The predicted octanol–water partition coefficient (Wildman–Crippen LogP) is 2.43. The predicted molar refractivity (Wildman–Crippen MR) is 123 cm³/mol. The number of benzene rings is 1. The Morgan fingerprint density at radius 3 is 2.50 bits per heavy atom. The highest BCUT2D eigenvalue weighted by molar-refractivity contribution is 5.94. The minimum absolute atomic E-state index is 0.0579. The van der Waals surface area contributed by atoms with Crippen LogP contribution in [0.4, 0.5) is 0 Å². The van der Waals surface area contributed by atoms with Crippen LogP contribution in [0.15, 0.2) is 53.5 Å². The van der Waals surface area contributed by atoms with Crippen LogP contribution in [0.5, 0.6) is 0 Å². The van der Waals surface area contributed by atoms with Gasteiger partial charge in [-0.05, 0) is 31.5 Å². The number of piperazine rings is 1. The average Bonchev–Trinajstić information content (AvgIpc) is 2.81. The molecule has 1 atom stereocenters. The summed E-state index contributed by atoms with van der Waals surface area (Å²) in [6.45, 7) is 2.08. The molecule has 2 aliphatic rings. The molecule has 4 rings (SSSR count). The summed E-state index contributed by atoms with van der Waals surface area (Å²) in [4.78, 5) is 42.4. The first-order valence-electron chi connectivity index (χ1n) is 11.6. The molecule has 0 spiro atoms. The van der Waals surface area contributed by atoms with Crippen molar-refractivity contribution in [2.75, 3.05) is 26.7 Å². The van der Waals surface area contributed by atoms with E-state index in [1.165, 1.54) is 23.3 Å². The lowest BCUT2D eigenvalue weighted by Crippen LogP contribution is -2.49. The van der Waals surface area contributed by atoms with E-state index in [0.717, 1.165) is 44.3 Å². The van der Waals surface area contributed by atoms with Crippen LogP contribution >= 0.6 is 0 Å². The lowest BCUT2D eigenvalue weighted by Gasteiger charge is -2.40. The van der Waals surface area contributed by atoms with Gasteiger partial charge in [0.2, 0.25) is 5.91 Å². The van der Waals surface area contributed by atoms with E-state index in [2.05, 4.69) is 17.3 Å². The summed E-state index contributed by atoms with van der Waals surface area (Å²) < 4.78 is 1.35. The Labute approximate surface area is 189 Å². The number of hydrogen-bond acceptors (Lipinski definition) is 4. The number of pyridine rings is 1. The van der Waals surface area contributed by atoms with Crippen LogP contribution in [0.2, 0.25) is 0 Å². The lowest BCUT2D eigenvalue weighted by molar-refractivity contribution is -0.122. The van der Waals surface area contributed by atoms with E-state index in [1.807, 2.05) is 35.2 Å². The summed E-state index contributed by atoms with van der Waals surface area (Å²) in [6, 6.07) is 13.1. The first-order valence-corrected chi connectivity index (χ1v) is 11.6. The molecule has 0 radical (unpaired) electrons. The number of nitrogens with zero attached hydrogens (tertiary/aromatic N) is 3. The standard InChI is InChI=1S/C25H32N4O3/c1-27-14-15-29(22(17-27)19-8-4-2-5-9-19)25(32)20-12-13-24(31)28(16-20)18-23(30)26-21-10-6-3-7-11-21/h2,4-5,8-9,12-13,16,21-22H,3,6-7,10-11,14-15,17-18H2,1H3,(H,26,30)/t22-/m1/s1. The minimum atomic E-state index is -0.279. The normalized spacial score (nSPS) is 20.2. The lowest BCUT2D eigenvalue weighted by atomic mass is 9.95. The number of nitrogens with one attached hydrogen (secondary N) is 1. The van der Waals surface area contributed by atoms with Crippen molar-refractivity contribution in [3.63, 3.8) is 0 Å². The Morgan fingerprint density at radius 1 is 1.00 bits per heavy atom. The Hall–Kier alpha value is -2.93. The second kappa shape index (κ2) is 10.1. The molecule has 1 N–H and O–H groups in total. The van der Waals surface area contributed by atoms with Gasteiger partial charge in [-0.3, -0.25) is 14.4 Å². The molecule has 7 heteroatoms. The van der Waals surface area contributed by atoms with Gasteiger partial charge in [0, 0.05) is 37.9 Å². The van der Waals surface area contributed by atoms with Gasteiger partial charge < -0.3 is 19.7 Å². The first-order chi connectivity index (χ1) is 15.5. The number of amides is 2. The van der Waals surface area contributed by atoms with Gasteiger partial charge in [-0.25, -0.2) is 0 Å². The maximum atomic E-state index is 13.4. The highest BCUT2D eigenvalue weighted by Gasteiger charge is 2.31. The second-order valence-electron chi connectivity index (χ2n) is 8.97. The average molecular weight is 437 g/mol. The quantitative estimate of drug-likeness (QED) is 0.781. The largest absolute Gasteiger partial charge is 0.352 e. The Kier molecular flexibility index (Phi) is 7.05. The van der Waals surface area contributed by atoms with Crippen LogP contribution in [0.1, 0.15) is 54.1 Å². The molecule has 1 aliphatic carbocycles. The van der Waals surface area contributed by atoms with Crippen molar-refractivity contribution in [1.29, 1.82) is 0 Å². The van der Waals surface area contributed by atoms with Gasteiger partial charge in [-0.2, -0.15) is 0 Å². The van der Waals surface area contributed by atoms with Gasteiger partial charge in [0.15, 0.2) is 0 Å². The number of carbonyl (C=O) groups is 2. The zero-order valence-electron chi connectivity index (χ0n) is 18.7. The topological polar surface area (TPSA) is 74.7 Å². The van der Waals surface area contributed by atoms with Crippen LogP contribution in [0.25, 0.3) is 0 Å². The highest BCUT2D eigenvalue weighted by Crippen LogP contribution is 2.26. The van der Waals surface area contributed by atoms with Gasteiger partial charge in [0.25, 0.3) is 11.5 Å². The monoisotopic (exact) mass is 436 g/mol. The van der Waals surface area contributed by atoms with E-state index in [-0.39, 0.29) is 36.0 Å². The molecule has 170 valence electrons. The Balaban J connectivity index is 1.50. The van der Waals surface area contributed by atoms with Crippen molar-refractivity contribution in [3.8, 4) is 0 Å². The third-order valence-corrected chi connectivity index (χ3v) is 6.54. The number of carbonyl (C=O) groups excluding carboxylic acids is 2. The van der Waals surface area contributed by atoms with Crippen LogP contribution in [-0.4, -0.2) is 58.9 Å². The van der Waals surface area contributed by atoms with Crippen molar-refractivity contribution in [2.45, 2.75) is 50.7 Å². The molecule has 1 saturated heterocycles. The molecule has 7 nitrogen and oxygen atoms in total. The van der Waals surface area contributed by atoms with Gasteiger partial charge in [-0.1, -0.05) is 49.6 Å². The molecule has 2 amide bonds. The van der Waals surface area contributed by atoms with E-state index in [4.69, 9.17) is 0 Å². The maximum Gasteiger partial charge on any atom is 0.255 e. The fraction of sp³-hybridized carbons (Fsp3) is 0.480. The number of hydrogen-bond donors (Lipinski definition) is 1. The van der Waals surface area contributed by atoms with Crippen molar-refractivity contribution >= 4 is 11.8 Å². The number of rotatable bonds is 5. The van der Waals surface area contributed by atoms with E-state index in [0.29, 0.717) is 12.1 Å². The molecule has 0 bridgehead atoms. The molecule has 1 saturated carbocycles. The summed E-state index contributed by atoms with van der Waals surface area (Å²) in [7, 11) is 2.06. The fourth-order valence-corrected chi connectivity index (χ4v) is 4.75. The van der Waals surface area contributed by atoms with Gasteiger partial charge >= 0.3 is 0 Å². The van der Waals surface area contributed by atoms with Crippen LogP contribution < -0.4 is 10.9 Å². The molecule has 32 heavy (non-hydrogen) atoms. The summed E-state index contributed by atoms with van der Waals surface area (Å²) in [5.74, 6) is -0.293. The van der Waals surface area contributed by atoms with Crippen LogP contribution in [0, 0.1) is 0 Å². The van der Waals surface area contributed by atoms with E-state index in [1.54, 1.807) is 6.07 Å². The fourth-order valence-electron chi connectivity index (χ4n) is 4.75. The molecular weight excluding hydrogens is 404 g/mol. The smallest absolute Gasteiger partial charge is 0.255 e. The van der Waals surface area contributed by atoms with Gasteiger partial charge in [-0.15, -0.1) is 0 Å². The van der Waals surface area contributed by atoms with Crippen molar-refractivity contribution in [3.05, 3.63) is 70.1 Å².